The Hall–Kier alpha value is -1.08. The number of amides is 1. The maximum Gasteiger partial charge on any atom is 0.255 e. The zero-order chi connectivity index (χ0) is 15.6. The standard InChI is InChI=1S/C16H16BrIN2O/c1-10(11-4-3-5-13(19)8-11)20(2)16(21)14-9-12(18)6-7-15(14)17/h3-10H,19H2,1-2H3. The summed E-state index contributed by atoms with van der Waals surface area (Å²) in [6.07, 6.45) is 0. The number of carbonyl (C=O) groups is 1. The van der Waals surface area contributed by atoms with Crippen molar-refractivity contribution in [1.82, 2.24) is 4.90 Å². The number of nitrogens with zero attached hydrogens (tertiary/aromatic N) is 1. The van der Waals surface area contributed by atoms with Crippen LogP contribution < -0.4 is 5.73 Å². The van der Waals surface area contributed by atoms with Crippen LogP contribution in [0.5, 0.6) is 0 Å². The average molecular weight is 459 g/mol. The molecule has 110 valence electrons. The van der Waals surface area contributed by atoms with Crippen molar-refractivity contribution in [3.63, 3.8) is 0 Å². The van der Waals surface area contributed by atoms with Crippen LogP contribution in [0.15, 0.2) is 46.9 Å². The van der Waals surface area contributed by atoms with Gasteiger partial charge in [0.2, 0.25) is 0 Å². The Balaban J connectivity index is 2.28. The number of carbonyl (C=O) groups excluding carboxylic acids is 1. The van der Waals surface area contributed by atoms with Crippen LogP contribution in [0.4, 0.5) is 5.69 Å². The molecule has 0 aliphatic carbocycles. The third kappa shape index (κ3) is 3.77. The second kappa shape index (κ2) is 6.79. The number of halogens is 2. The van der Waals surface area contributed by atoms with E-state index in [0.717, 1.165) is 13.6 Å². The van der Waals surface area contributed by atoms with Gasteiger partial charge in [-0.15, -0.1) is 0 Å². The molecule has 2 aromatic rings. The first kappa shape index (κ1) is 16.3. The summed E-state index contributed by atoms with van der Waals surface area (Å²) < 4.78 is 1.84. The Labute approximate surface area is 146 Å². The molecule has 2 rings (SSSR count). The molecule has 3 nitrogen and oxygen atoms in total. The van der Waals surface area contributed by atoms with Crippen LogP contribution in [0.3, 0.4) is 0 Å². The summed E-state index contributed by atoms with van der Waals surface area (Å²) in [5, 5.41) is 0. The van der Waals surface area contributed by atoms with Gasteiger partial charge < -0.3 is 10.6 Å². The van der Waals surface area contributed by atoms with Crippen LogP contribution in [0.25, 0.3) is 0 Å². The van der Waals surface area contributed by atoms with Crippen LogP contribution in [0, 0.1) is 3.57 Å². The minimum atomic E-state index is -0.0502. The van der Waals surface area contributed by atoms with Gasteiger partial charge in [-0.25, -0.2) is 0 Å². The van der Waals surface area contributed by atoms with Gasteiger partial charge in [0.05, 0.1) is 11.6 Å². The van der Waals surface area contributed by atoms with E-state index in [1.54, 1.807) is 4.90 Å². The SMILES string of the molecule is CC(c1cccc(N)c1)N(C)C(=O)c1cc(I)ccc1Br. The van der Waals surface area contributed by atoms with Crippen molar-refractivity contribution >= 4 is 50.1 Å². The zero-order valence-electron chi connectivity index (χ0n) is 11.8. The van der Waals surface area contributed by atoms with E-state index in [2.05, 4.69) is 38.5 Å². The third-order valence-electron chi connectivity index (χ3n) is 3.45. The van der Waals surface area contributed by atoms with Gasteiger partial charge in [0, 0.05) is 20.8 Å². The molecule has 0 aromatic heterocycles. The molecule has 0 fully saturated rings. The van der Waals surface area contributed by atoms with Gasteiger partial charge in [0.15, 0.2) is 0 Å². The summed E-state index contributed by atoms with van der Waals surface area (Å²) >= 11 is 5.65. The molecule has 0 bridgehead atoms. The van der Waals surface area contributed by atoms with Crippen molar-refractivity contribution in [2.45, 2.75) is 13.0 Å². The van der Waals surface area contributed by atoms with E-state index in [-0.39, 0.29) is 11.9 Å². The van der Waals surface area contributed by atoms with Gasteiger partial charge in [-0.2, -0.15) is 0 Å². The first-order valence-electron chi connectivity index (χ1n) is 6.48. The fraction of sp³-hybridized carbons (Fsp3) is 0.188. The molecule has 0 spiro atoms. The molecule has 2 aromatic carbocycles. The molecular formula is C16H16BrIN2O. The van der Waals surface area contributed by atoms with E-state index >= 15 is 0 Å². The van der Waals surface area contributed by atoms with Crippen molar-refractivity contribution in [3.8, 4) is 0 Å². The van der Waals surface area contributed by atoms with Crippen LogP contribution in [0.1, 0.15) is 28.9 Å². The van der Waals surface area contributed by atoms with Crippen molar-refractivity contribution < 1.29 is 4.79 Å². The highest BCUT2D eigenvalue weighted by Gasteiger charge is 2.21. The minimum Gasteiger partial charge on any atom is -0.399 e. The molecule has 21 heavy (non-hydrogen) atoms. The quantitative estimate of drug-likeness (QED) is 0.544. The van der Waals surface area contributed by atoms with Crippen molar-refractivity contribution in [1.29, 1.82) is 0 Å². The Morgan fingerprint density at radius 1 is 1.29 bits per heavy atom. The highest BCUT2D eigenvalue weighted by atomic mass is 127. The van der Waals surface area contributed by atoms with Gasteiger partial charge in [-0.1, -0.05) is 12.1 Å². The van der Waals surface area contributed by atoms with E-state index in [1.165, 1.54) is 0 Å². The molecule has 0 heterocycles. The normalized spacial score (nSPS) is 12.0. The van der Waals surface area contributed by atoms with Crippen molar-refractivity contribution in [2.24, 2.45) is 0 Å². The molecule has 2 N–H and O–H groups in total. The summed E-state index contributed by atoms with van der Waals surface area (Å²) in [4.78, 5) is 14.4. The van der Waals surface area contributed by atoms with Crippen molar-refractivity contribution in [3.05, 3.63) is 61.6 Å². The lowest BCUT2D eigenvalue weighted by Crippen LogP contribution is -2.30. The molecule has 5 heteroatoms. The third-order valence-corrected chi connectivity index (χ3v) is 4.82. The number of hydrogen-bond donors (Lipinski definition) is 1. The molecule has 0 aliphatic rings. The van der Waals surface area contributed by atoms with Crippen LogP contribution in [0.2, 0.25) is 0 Å². The fourth-order valence-electron chi connectivity index (χ4n) is 2.07. The predicted octanol–water partition coefficient (Wildman–Crippen LogP) is 4.47. The molecule has 1 unspecified atom stereocenters. The van der Waals surface area contributed by atoms with Gasteiger partial charge in [0.1, 0.15) is 0 Å². The summed E-state index contributed by atoms with van der Waals surface area (Å²) in [5.41, 5.74) is 8.21. The Morgan fingerprint density at radius 2 is 2.00 bits per heavy atom. The lowest BCUT2D eigenvalue weighted by atomic mass is 10.1. The Kier molecular flexibility index (Phi) is 5.27. The zero-order valence-corrected chi connectivity index (χ0v) is 15.6. The van der Waals surface area contributed by atoms with E-state index in [4.69, 9.17) is 5.73 Å². The smallest absolute Gasteiger partial charge is 0.255 e. The van der Waals surface area contributed by atoms with Crippen molar-refractivity contribution in [2.75, 3.05) is 12.8 Å². The first-order valence-corrected chi connectivity index (χ1v) is 8.35. The Morgan fingerprint density at radius 3 is 2.67 bits per heavy atom. The second-order valence-electron chi connectivity index (χ2n) is 4.89. The lowest BCUT2D eigenvalue weighted by Gasteiger charge is -2.26. The minimum absolute atomic E-state index is 0.0182. The fourth-order valence-corrected chi connectivity index (χ4v) is 2.98. The number of nitrogens with two attached hydrogens (primary N) is 1. The second-order valence-corrected chi connectivity index (χ2v) is 6.99. The Bertz CT molecular complexity index is 675. The van der Waals surface area contributed by atoms with Gasteiger partial charge in [-0.05, 0) is 81.3 Å². The van der Waals surface area contributed by atoms with E-state index < -0.39 is 0 Å². The van der Waals surface area contributed by atoms with Crippen LogP contribution >= 0.6 is 38.5 Å². The number of benzene rings is 2. The molecule has 0 aliphatic heterocycles. The summed E-state index contributed by atoms with van der Waals surface area (Å²) in [6.45, 7) is 1.99. The summed E-state index contributed by atoms with van der Waals surface area (Å²) in [7, 11) is 1.81. The largest absolute Gasteiger partial charge is 0.399 e. The predicted molar refractivity (Wildman–Crippen MR) is 98.2 cm³/mol. The van der Waals surface area contributed by atoms with E-state index in [9.17, 15) is 4.79 Å². The average Bonchev–Trinajstić information content (AvgIpc) is 2.47. The van der Waals surface area contributed by atoms with E-state index in [1.807, 2.05) is 56.4 Å². The number of nitrogen functional groups attached to an aromatic ring is 1. The molecule has 0 saturated heterocycles. The highest BCUT2D eigenvalue weighted by Crippen LogP contribution is 2.26. The van der Waals surface area contributed by atoms with E-state index in [0.29, 0.717) is 11.3 Å². The van der Waals surface area contributed by atoms with Gasteiger partial charge in [-0.3, -0.25) is 4.79 Å². The summed E-state index contributed by atoms with van der Waals surface area (Å²) in [6, 6.07) is 13.3. The molecule has 1 amide bonds. The maximum absolute atomic E-state index is 12.7. The van der Waals surface area contributed by atoms with Crippen LogP contribution in [-0.2, 0) is 0 Å². The topological polar surface area (TPSA) is 46.3 Å². The number of rotatable bonds is 3. The van der Waals surface area contributed by atoms with Crippen LogP contribution in [-0.4, -0.2) is 17.9 Å². The lowest BCUT2D eigenvalue weighted by molar-refractivity contribution is 0.0741. The van der Waals surface area contributed by atoms with Gasteiger partial charge in [0.25, 0.3) is 5.91 Å². The molecular weight excluding hydrogens is 443 g/mol. The maximum atomic E-state index is 12.7. The molecule has 1 atom stereocenters. The number of anilines is 1. The molecule has 0 saturated carbocycles. The monoisotopic (exact) mass is 458 g/mol. The first-order chi connectivity index (χ1) is 9.90. The molecule has 0 radical (unpaired) electrons. The van der Waals surface area contributed by atoms with Gasteiger partial charge >= 0.3 is 0 Å². The highest BCUT2D eigenvalue weighted by molar-refractivity contribution is 14.1. The summed E-state index contributed by atoms with van der Waals surface area (Å²) in [5.74, 6) is -0.0182. The number of hydrogen-bond acceptors (Lipinski definition) is 2.